The summed E-state index contributed by atoms with van der Waals surface area (Å²) >= 11 is 6.47. The number of piperazine rings is 1. The van der Waals surface area contributed by atoms with Crippen LogP contribution in [0.25, 0.3) is 6.08 Å². The normalized spacial score (nSPS) is 24.6. The van der Waals surface area contributed by atoms with E-state index in [1.807, 2.05) is 54.7 Å². The lowest BCUT2D eigenvalue weighted by Gasteiger charge is -2.39. The summed E-state index contributed by atoms with van der Waals surface area (Å²) in [4.78, 5) is 11.4. The van der Waals surface area contributed by atoms with Crippen LogP contribution < -0.4 is 4.90 Å². The van der Waals surface area contributed by atoms with Crippen molar-refractivity contribution < 1.29 is 5.11 Å². The van der Waals surface area contributed by atoms with Gasteiger partial charge < -0.3 is 10.0 Å². The Morgan fingerprint density at radius 3 is 2.50 bits per heavy atom. The first-order chi connectivity index (χ1) is 13.7. The van der Waals surface area contributed by atoms with Gasteiger partial charge in [0.15, 0.2) is 0 Å². The molecule has 1 N–H and O–H groups in total. The van der Waals surface area contributed by atoms with Crippen molar-refractivity contribution in [2.24, 2.45) is 0 Å². The molecule has 2 aromatic rings. The zero-order chi connectivity index (χ0) is 19.3. The smallest absolute Gasteiger partial charge is 0.128 e. The second kappa shape index (κ2) is 9.05. The third-order valence-electron chi connectivity index (χ3n) is 5.59. The number of pyridine rings is 1. The first kappa shape index (κ1) is 19.4. The van der Waals surface area contributed by atoms with Crippen molar-refractivity contribution in [2.75, 3.05) is 50.7 Å². The van der Waals surface area contributed by atoms with Gasteiger partial charge in [-0.2, -0.15) is 0 Å². The molecule has 0 saturated carbocycles. The molecule has 2 saturated heterocycles. The van der Waals surface area contributed by atoms with E-state index < -0.39 is 0 Å². The van der Waals surface area contributed by atoms with Gasteiger partial charge in [-0.3, -0.25) is 9.80 Å². The fourth-order valence-electron chi connectivity index (χ4n) is 4.15. The summed E-state index contributed by atoms with van der Waals surface area (Å²) in [5.74, 6) is 1.04. The highest BCUT2D eigenvalue weighted by atomic mass is 35.5. The number of β-amino-alcohol motifs (C(OH)–C–C–N with tert-alkyl or cyclic N) is 1. The van der Waals surface area contributed by atoms with Gasteiger partial charge in [-0.25, -0.2) is 4.98 Å². The molecule has 1 aromatic heterocycles. The molecule has 2 aliphatic rings. The standard InChI is InChI=1S/C22H27ClN4O/c23-19(14-18-6-2-1-3-7-18)15-25-16-20(21(28)17-25)26-10-12-27(13-11-26)22-8-4-5-9-24-22/h1-9,14,20-21,28H,10-13,15-17H2/b19-14-/t20-,21-/m1/s1. The number of likely N-dealkylation sites (tertiary alicyclic amines) is 1. The largest absolute Gasteiger partial charge is 0.390 e. The maximum Gasteiger partial charge on any atom is 0.128 e. The van der Waals surface area contributed by atoms with Crippen LogP contribution in [0.2, 0.25) is 0 Å². The topological polar surface area (TPSA) is 42.8 Å². The van der Waals surface area contributed by atoms with Crippen LogP contribution in [-0.2, 0) is 0 Å². The molecular weight excluding hydrogens is 372 g/mol. The number of aliphatic hydroxyl groups excluding tert-OH is 1. The predicted molar refractivity (Wildman–Crippen MR) is 115 cm³/mol. The zero-order valence-electron chi connectivity index (χ0n) is 16.0. The van der Waals surface area contributed by atoms with E-state index in [-0.39, 0.29) is 12.1 Å². The molecule has 0 spiro atoms. The second-order valence-corrected chi connectivity index (χ2v) is 8.03. The van der Waals surface area contributed by atoms with Crippen molar-refractivity contribution in [3.8, 4) is 0 Å². The van der Waals surface area contributed by atoms with Crippen LogP contribution in [0, 0.1) is 0 Å². The molecule has 2 atom stereocenters. The molecule has 3 heterocycles. The van der Waals surface area contributed by atoms with Gasteiger partial charge in [-0.1, -0.05) is 48.0 Å². The maximum atomic E-state index is 10.6. The molecule has 4 rings (SSSR count). The Morgan fingerprint density at radius 2 is 1.79 bits per heavy atom. The highest BCUT2D eigenvalue weighted by Gasteiger charge is 2.36. The Morgan fingerprint density at radius 1 is 1.04 bits per heavy atom. The summed E-state index contributed by atoms with van der Waals surface area (Å²) in [6, 6.07) is 16.3. The fourth-order valence-corrected chi connectivity index (χ4v) is 4.44. The third kappa shape index (κ3) is 4.73. The molecule has 2 fully saturated rings. The highest BCUT2D eigenvalue weighted by molar-refractivity contribution is 6.31. The van der Waals surface area contributed by atoms with Crippen molar-refractivity contribution in [1.82, 2.24) is 14.8 Å². The van der Waals surface area contributed by atoms with Crippen molar-refractivity contribution in [1.29, 1.82) is 0 Å². The maximum absolute atomic E-state index is 10.6. The highest BCUT2D eigenvalue weighted by Crippen LogP contribution is 2.22. The van der Waals surface area contributed by atoms with Gasteiger partial charge >= 0.3 is 0 Å². The van der Waals surface area contributed by atoms with Crippen molar-refractivity contribution in [2.45, 2.75) is 12.1 Å². The molecule has 148 valence electrons. The van der Waals surface area contributed by atoms with Crippen LogP contribution in [0.1, 0.15) is 5.56 Å². The van der Waals surface area contributed by atoms with Crippen LogP contribution in [0.4, 0.5) is 5.82 Å². The zero-order valence-corrected chi connectivity index (χ0v) is 16.7. The number of halogens is 1. The molecule has 0 unspecified atom stereocenters. The van der Waals surface area contributed by atoms with Crippen LogP contribution in [-0.4, -0.2) is 77.8 Å². The lowest BCUT2D eigenvalue weighted by atomic mass is 10.1. The Labute approximate surface area is 171 Å². The number of hydrogen-bond donors (Lipinski definition) is 1. The van der Waals surface area contributed by atoms with Crippen LogP contribution in [0.3, 0.4) is 0 Å². The monoisotopic (exact) mass is 398 g/mol. The summed E-state index contributed by atoms with van der Waals surface area (Å²) in [7, 11) is 0. The summed E-state index contributed by atoms with van der Waals surface area (Å²) in [5, 5.41) is 11.4. The van der Waals surface area contributed by atoms with E-state index in [0.29, 0.717) is 13.1 Å². The third-order valence-corrected chi connectivity index (χ3v) is 5.82. The van der Waals surface area contributed by atoms with Gasteiger partial charge in [0.1, 0.15) is 5.82 Å². The van der Waals surface area contributed by atoms with Gasteiger partial charge in [0.25, 0.3) is 0 Å². The van der Waals surface area contributed by atoms with Crippen LogP contribution in [0.5, 0.6) is 0 Å². The van der Waals surface area contributed by atoms with Gasteiger partial charge in [0.2, 0.25) is 0 Å². The molecular formula is C22H27ClN4O. The molecule has 0 bridgehead atoms. The minimum absolute atomic E-state index is 0.173. The quantitative estimate of drug-likeness (QED) is 0.838. The molecule has 6 heteroatoms. The van der Waals surface area contributed by atoms with E-state index in [1.54, 1.807) is 0 Å². The van der Waals surface area contributed by atoms with Gasteiger partial charge in [-0.15, -0.1) is 0 Å². The molecule has 5 nitrogen and oxygen atoms in total. The Kier molecular flexibility index (Phi) is 6.27. The molecule has 2 aliphatic heterocycles. The molecule has 28 heavy (non-hydrogen) atoms. The predicted octanol–water partition coefficient (Wildman–Crippen LogP) is 2.53. The SMILES string of the molecule is O[C@@H]1CN(C/C(Cl)=C/c2ccccc2)C[C@H]1N1CCN(c2ccccn2)CC1. The number of nitrogens with zero attached hydrogens (tertiary/aromatic N) is 4. The summed E-state index contributed by atoms with van der Waals surface area (Å²) in [5.41, 5.74) is 1.11. The first-order valence-corrected chi connectivity index (χ1v) is 10.3. The lowest BCUT2D eigenvalue weighted by Crippen LogP contribution is -2.54. The average Bonchev–Trinajstić information content (AvgIpc) is 3.09. The van der Waals surface area contributed by atoms with Crippen LogP contribution >= 0.6 is 11.6 Å². The number of benzene rings is 1. The van der Waals surface area contributed by atoms with Gasteiger partial charge in [-0.05, 0) is 23.8 Å². The minimum Gasteiger partial charge on any atom is -0.390 e. The van der Waals surface area contributed by atoms with Gasteiger partial charge in [0, 0.05) is 63.1 Å². The minimum atomic E-state index is -0.331. The first-order valence-electron chi connectivity index (χ1n) is 9.90. The summed E-state index contributed by atoms with van der Waals surface area (Å²) in [6.45, 7) is 5.97. The number of rotatable bonds is 5. The summed E-state index contributed by atoms with van der Waals surface area (Å²) < 4.78 is 0. The van der Waals surface area contributed by atoms with E-state index in [9.17, 15) is 5.11 Å². The lowest BCUT2D eigenvalue weighted by molar-refractivity contribution is 0.0790. The summed E-state index contributed by atoms with van der Waals surface area (Å²) in [6.07, 6.45) is 3.52. The number of anilines is 1. The average molecular weight is 399 g/mol. The Bertz CT molecular complexity index is 778. The Balaban J connectivity index is 1.30. The van der Waals surface area contributed by atoms with E-state index in [2.05, 4.69) is 25.8 Å². The number of aromatic nitrogens is 1. The molecule has 0 radical (unpaired) electrons. The van der Waals surface area contributed by atoms with Crippen molar-refractivity contribution in [3.63, 3.8) is 0 Å². The second-order valence-electron chi connectivity index (χ2n) is 7.54. The van der Waals surface area contributed by atoms with E-state index in [0.717, 1.165) is 49.1 Å². The fraction of sp³-hybridized carbons (Fsp3) is 0.409. The number of aliphatic hydroxyl groups is 1. The van der Waals surface area contributed by atoms with Crippen LogP contribution in [0.15, 0.2) is 59.8 Å². The molecule has 1 aromatic carbocycles. The van der Waals surface area contributed by atoms with Crippen molar-refractivity contribution >= 4 is 23.5 Å². The van der Waals surface area contributed by atoms with Gasteiger partial charge in [0.05, 0.1) is 6.10 Å². The van der Waals surface area contributed by atoms with E-state index >= 15 is 0 Å². The van der Waals surface area contributed by atoms with E-state index in [4.69, 9.17) is 11.6 Å². The molecule has 0 aliphatic carbocycles. The van der Waals surface area contributed by atoms with Crippen molar-refractivity contribution in [3.05, 3.63) is 65.3 Å². The molecule has 0 amide bonds. The number of hydrogen-bond acceptors (Lipinski definition) is 5. The van der Waals surface area contributed by atoms with E-state index in [1.165, 1.54) is 0 Å². The Hall–Kier alpha value is -1.92.